The first-order valence-electron chi connectivity index (χ1n) is 7.75. The molecule has 1 aromatic carbocycles. The van der Waals surface area contributed by atoms with E-state index in [4.69, 9.17) is 9.47 Å². The molecule has 5 nitrogen and oxygen atoms in total. The molecule has 0 saturated heterocycles. The van der Waals surface area contributed by atoms with E-state index in [1.165, 1.54) is 23.1 Å². The topological polar surface area (TPSA) is 53.4 Å². The van der Waals surface area contributed by atoms with E-state index in [-0.39, 0.29) is 0 Å². The number of rotatable bonds is 4. The Morgan fingerprint density at radius 1 is 1.32 bits per heavy atom. The van der Waals surface area contributed by atoms with E-state index >= 15 is 0 Å². The van der Waals surface area contributed by atoms with Crippen molar-refractivity contribution in [3.63, 3.8) is 0 Å². The smallest absolute Gasteiger partial charge is 0.435 e. The summed E-state index contributed by atoms with van der Waals surface area (Å²) >= 11 is 0. The van der Waals surface area contributed by atoms with Crippen molar-refractivity contribution in [2.75, 3.05) is 13.2 Å². The van der Waals surface area contributed by atoms with Crippen LogP contribution in [0.5, 0.6) is 5.88 Å². The molecule has 22 heavy (non-hydrogen) atoms. The number of hydrogen-bond acceptors (Lipinski definition) is 4. The molecule has 3 rings (SSSR count). The van der Waals surface area contributed by atoms with Crippen molar-refractivity contribution in [2.45, 2.75) is 32.6 Å². The third-order valence-corrected chi connectivity index (χ3v) is 3.77. The predicted octanol–water partition coefficient (Wildman–Crippen LogP) is 3.92. The summed E-state index contributed by atoms with van der Waals surface area (Å²) in [5.74, 6) is 0.482. The summed E-state index contributed by atoms with van der Waals surface area (Å²) in [5.41, 5.74) is 2.01. The Balaban J connectivity index is 1.85. The molecule has 0 atom stereocenters. The number of carbonyl (C=O) groups is 1. The van der Waals surface area contributed by atoms with E-state index in [1.54, 1.807) is 6.92 Å². The molecule has 2 aromatic rings. The Bertz CT molecular complexity index is 703. The first-order chi connectivity index (χ1) is 10.8. The van der Waals surface area contributed by atoms with Crippen LogP contribution in [0.25, 0.3) is 10.9 Å². The Hall–Kier alpha value is -2.30. The van der Waals surface area contributed by atoms with Crippen LogP contribution in [-0.4, -0.2) is 29.1 Å². The lowest BCUT2D eigenvalue weighted by Gasteiger charge is -2.12. The number of aromatic nitrogens is 2. The van der Waals surface area contributed by atoms with Crippen molar-refractivity contribution in [3.8, 4) is 5.88 Å². The fourth-order valence-electron chi connectivity index (χ4n) is 2.66. The Labute approximate surface area is 129 Å². The van der Waals surface area contributed by atoms with Gasteiger partial charge in [-0.3, -0.25) is 0 Å². The standard InChI is InChI=1S/C17H20N2O3/c1-2-21-17(20)19-15-11-7-6-10-14(15)16(18-19)22-12-13-8-4-3-5-9-13/h6-8,10-11H,2-5,9,12H2,1H3. The maximum atomic E-state index is 12.0. The molecule has 1 heterocycles. The summed E-state index contributed by atoms with van der Waals surface area (Å²) in [6.07, 6.45) is 6.43. The molecular weight excluding hydrogens is 280 g/mol. The molecule has 0 aliphatic heterocycles. The zero-order valence-electron chi connectivity index (χ0n) is 12.7. The van der Waals surface area contributed by atoms with Crippen LogP contribution >= 0.6 is 0 Å². The second kappa shape index (κ2) is 6.64. The van der Waals surface area contributed by atoms with Gasteiger partial charge in [0.15, 0.2) is 0 Å². The minimum atomic E-state index is -0.481. The van der Waals surface area contributed by atoms with E-state index in [2.05, 4.69) is 11.2 Å². The highest BCUT2D eigenvalue weighted by Crippen LogP contribution is 2.26. The average Bonchev–Trinajstić information content (AvgIpc) is 2.93. The van der Waals surface area contributed by atoms with Crippen molar-refractivity contribution in [3.05, 3.63) is 35.9 Å². The maximum absolute atomic E-state index is 12.0. The lowest BCUT2D eigenvalue weighted by Crippen LogP contribution is -2.15. The summed E-state index contributed by atoms with van der Waals surface area (Å²) in [4.78, 5) is 12.0. The minimum Gasteiger partial charge on any atom is -0.472 e. The van der Waals surface area contributed by atoms with Crippen LogP contribution in [0.15, 0.2) is 35.9 Å². The van der Waals surface area contributed by atoms with E-state index in [0.717, 1.165) is 18.2 Å². The van der Waals surface area contributed by atoms with Crippen molar-refractivity contribution in [1.82, 2.24) is 9.78 Å². The largest absolute Gasteiger partial charge is 0.472 e. The maximum Gasteiger partial charge on any atom is 0.435 e. The van der Waals surface area contributed by atoms with Crippen molar-refractivity contribution in [2.24, 2.45) is 0 Å². The lowest BCUT2D eigenvalue weighted by molar-refractivity contribution is 0.151. The van der Waals surface area contributed by atoms with Crippen LogP contribution in [0.2, 0.25) is 0 Å². The number of nitrogens with zero attached hydrogens (tertiary/aromatic N) is 2. The summed E-state index contributed by atoms with van der Waals surface area (Å²) in [6, 6.07) is 7.52. The highest BCUT2D eigenvalue weighted by atomic mass is 16.6. The van der Waals surface area contributed by atoms with Crippen LogP contribution in [0, 0.1) is 0 Å². The molecule has 0 bridgehead atoms. The van der Waals surface area contributed by atoms with Crippen LogP contribution in [0.1, 0.15) is 32.6 Å². The fraction of sp³-hybridized carbons (Fsp3) is 0.412. The zero-order valence-corrected chi connectivity index (χ0v) is 12.7. The third kappa shape index (κ3) is 2.98. The molecule has 1 aliphatic carbocycles. The van der Waals surface area contributed by atoms with Crippen molar-refractivity contribution >= 4 is 17.0 Å². The third-order valence-electron chi connectivity index (χ3n) is 3.77. The van der Waals surface area contributed by atoms with Crippen molar-refractivity contribution in [1.29, 1.82) is 0 Å². The number of fused-ring (bicyclic) bond motifs is 1. The first kappa shape index (κ1) is 14.6. The average molecular weight is 300 g/mol. The number of benzene rings is 1. The number of allylic oxidation sites excluding steroid dienone is 1. The van der Waals surface area contributed by atoms with Gasteiger partial charge in [0.2, 0.25) is 5.88 Å². The molecule has 116 valence electrons. The van der Waals surface area contributed by atoms with E-state index in [1.807, 2.05) is 24.3 Å². The highest BCUT2D eigenvalue weighted by molar-refractivity contribution is 5.91. The summed E-state index contributed by atoms with van der Waals surface area (Å²) in [5, 5.41) is 5.11. The van der Waals surface area contributed by atoms with Gasteiger partial charge in [-0.25, -0.2) is 4.79 Å². The molecule has 0 unspecified atom stereocenters. The van der Waals surface area contributed by atoms with E-state index in [9.17, 15) is 4.79 Å². The van der Waals surface area contributed by atoms with Gasteiger partial charge in [0.1, 0.15) is 6.61 Å². The lowest BCUT2D eigenvalue weighted by atomic mass is 10.0. The Morgan fingerprint density at radius 3 is 2.95 bits per heavy atom. The van der Waals surface area contributed by atoms with Gasteiger partial charge >= 0.3 is 6.09 Å². The minimum absolute atomic E-state index is 0.316. The Morgan fingerprint density at radius 2 is 2.18 bits per heavy atom. The molecule has 1 aromatic heterocycles. The molecule has 0 N–H and O–H groups in total. The number of para-hydroxylation sites is 1. The molecule has 5 heteroatoms. The molecular formula is C17H20N2O3. The highest BCUT2D eigenvalue weighted by Gasteiger charge is 2.17. The zero-order chi connectivity index (χ0) is 15.4. The second-order valence-corrected chi connectivity index (χ2v) is 5.33. The molecule has 0 amide bonds. The molecule has 0 fully saturated rings. The normalized spacial score (nSPS) is 14.7. The summed E-state index contributed by atoms with van der Waals surface area (Å²) in [6.45, 7) is 2.62. The predicted molar refractivity (Wildman–Crippen MR) is 84.2 cm³/mol. The van der Waals surface area contributed by atoms with Gasteiger partial charge in [-0.05, 0) is 50.3 Å². The number of carbonyl (C=O) groups excluding carboxylic acids is 1. The van der Waals surface area contributed by atoms with E-state index in [0.29, 0.717) is 24.6 Å². The quantitative estimate of drug-likeness (QED) is 0.803. The Kier molecular flexibility index (Phi) is 4.42. The van der Waals surface area contributed by atoms with Gasteiger partial charge in [-0.15, -0.1) is 5.10 Å². The fourth-order valence-corrected chi connectivity index (χ4v) is 2.66. The monoisotopic (exact) mass is 300 g/mol. The van der Waals surface area contributed by atoms with Crippen LogP contribution in [0.3, 0.4) is 0 Å². The SMILES string of the molecule is CCOC(=O)n1nc(OCC2=CCCCC2)c2ccccc21. The number of ether oxygens (including phenoxy) is 2. The van der Waals surface area contributed by atoms with Crippen LogP contribution in [0.4, 0.5) is 4.79 Å². The number of hydrogen-bond donors (Lipinski definition) is 0. The van der Waals surface area contributed by atoms with Gasteiger partial charge in [0.25, 0.3) is 0 Å². The van der Waals surface area contributed by atoms with Gasteiger partial charge in [0.05, 0.1) is 17.5 Å². The molecule has 0 spiro atoms. The van der Waals surface area contributed by atoms with Crippen LogP contribution in [-0.2, 0) is 4.74 Å². The molecule has 1 aliphatic rings. The van der Waals surface area contributed by atoms with E-state index < -0.39 is 6.09 Å². The van der Waals surface area contributed by atoms with Crippen molar-refractivity contribution < 1.29 is 14.3 Å². The van der Waals surface area contributed by atoms with Gasteiger partial charge in [-0.2, -0.15) is 4.68 Å². The van der Waals surface area contributed by atoms with Crippen LogP contribution < -0.4 is 4.74 Å². The summed E-state index contributed by atoms with van der Waals surface area (Å²) in [7, 11) is 0. The second-order valence-electron chi connectivity index (χ2n) is 5.33. The molecule has 0 saturated carbocycles. The van der Waals surface area contributed by atoms with Gasteiger partial charge in [0, 0.05) is 0 Å². The van der Waals surface area contributed by atoms with Gasteiger partial charge < -0.3 is 9.47 Å². The summed E-state index contributed by atoms with van der Waals surface area (Å²) < 4.78 is 12.2. The first-order valence-corrected chi connectivity index (χ1v) is 7.75. The van der Waals surface area contributed by atoms with Gasteiger partial charge in [-0.1, -0.05) is 18.2 Å². The molecule has 0 radical (unpaired) electrons.